The number of β-amino-alcohol motifs (C(OH)–C–C–N with tert-alkyl or cyclic N) is 1. The molecule has 1 saturated heterocycles. The predicted molar refractivity (Wildman–Crippen MR) is 97.7 cm³/mol. The molecule has 0 spiro atoms. The van der Waals surface area contributed by atoms with Crippen molar-refractivity contribution in [1.82, 2.24) is 24.8 Å². The van der Waals surface area contributed by atoms with Crippen molar-refractivity contribution < 1.29 is 9.90 Å². The first-order valence-electron chi connectivity index (χ1n) is 9.10. The van der Waals surface area contributed by atoms with Crippen molar-refractivity contribution in [3.63, 3.8) is 0 Å². The van der Waals surface area contributed by atoms with Crippen LogP contribution < -0.4 is 10.2 Å². The number of piperidine rings is 1. The molecule has 0 radical (unpaired) electrons. The lowest BCUT2D eigenvalue weighted by molar-refractivity contribution is -0.122. The molecule has 2 aromatic heterocycles. The molecule has 0 aromatic carbocycles. The Labute approximate surface area is 153 Å². The van der Waals surface area contributed by atoms with E-state index in [0.29, 0.717) is 25.9 Å². The fourth-order valence-corrected chi connectivity index (χ4v) is 3.34. The first-order valence-corrected chi connectivity index (χ1v) is 9.10. The zero-order chi connectivity index (χ0) is 18.4. The standard InChI is InChI=1S/C18H26N6O2/c1-2-15-21-8-11-23(15)10-4-17(25)22-13-18(26)5-3-9-24(14-18)16-12-19-6-7-20-16/h6-8,11-12,26H,2-5,9-10,13-14H2,1H3,(H,22,25)/t18-/m0/s1. The van der Waals surface area contributed by atoms with Crippen LogP contribution >= 0.6 is 0 Å². The highest BCUT2D eigenvalue weighted by molar-refractivity contribution is 5.75. The van der Waals surface area contributed by atoms with Gasteiger partial charge in [-0.2, -0.15) is 0 Å². The number of hydrogen-bond acceptors (Lipinski definition) is 6. The number of rotatable bonds is 7. The van der Waals surface area contributed by atoms with Crippen LogP contribution in [0.4, 0.5) is 5.82 Å². The number of carbonyl (C=O) groups is 1. The number of imidazole rings is 1. The third-order valence-electron chi connectivity index (χ3n) is 4.74. The molecule has 1 aliphatic heterocycles. The average molecular weight is 358 g/mol. The zero-order valence-electron chi connectivity index (χ0n) is 15.1. The van der Waals surface area contributed by atoms with Crippen LogP contribution in [0.2, 0.25) is 0 Å². The van der Waals surface area contributed by atoms with Gasteiger partial charge in [-0.3, -0.25) is 9.78 Å². The lowest BCUT2D eigenvalue weighted by Gasteiger charge is -2.39. The van der Waals surface area contributed by atoms with Crippen LogP contribution in [0.25, 0.3) is 0 Å². The van der Waals surface area contributed by atoms with Crippen LogP contribution in [-0.2, 0) is 17.8 Å². The fraction of sp³-hybridized carbons (Fsp3) is 0.556. The maximum absolute atomic E-state index is 12.2. The average Bonchev–Trinajstić information content (AvgIpc) is 3.13. The number of carbonyl (C=O) groups excluding carboxylic acids is 1. The maximum Gasteiger partial charge on any atom is 0.221 e. The molecule has 0 aliphatic carbocycles. The van der Waals surface area contributed by atoms with Gasteiger partial charge in [0.15, 0.2) is 0 Å². The summed E-state index contributed by atoms with van der Waals surface area (Å²) in [6.45, 7) is 4.15. The van der Waals surface area contributed by atoms with Gasteiger partial charge in [-0.05, 0) is 12.8 Å². The van der Waals surface area contributed by atoms with Crippen molar-refractivity contribution in [3.05, 3.63) is 36.8 Å². The summed E-state index contributed by atoms with van der Waals surface area (Å²) in [6.07, 6.45) is 11.3. The van der Waals surface area contributed by atoms with Gasteiger partial charge in [-0.25, -0.2) is 9.97 Å². The quantitative estimate of drug-likeness (QED) is 0.759. The van der Waals surface area contributed by atoms with Crippen molar-refractivity contribution in [2.24, 2.45) is 0 Å². The lowest BCUT2D eigenvalue weighted by atomic mass is 9.92. The molecule has 3 rings (SSSR count). The number of aliphatic hydroxyl groups is 1. The Hall–Kier alpha value is -2.48. The molecule has 1 amide bonds. The summed E-state index contributed by atoms with van der Waals surface area (Å²) < 4.78 is 1.99. The van der Waals surface area contributed by atoms with Gasteiger partial charge in [0.05, 0.1) is 11.8 Å². The Balaban J connectivity index is 1.49. The fourth-order valence-electron chi connectivity index (χ4n) is 3.34. The number of hydrogen-bond donors (Lipinski definition) is 2. The normalized spacial score (nSPS) is 20.2. The van der Waals surface area contributed by atoms with E-state index in [1.165, 1.54) is 0 Å². The number of aromatic nitrogens is 4. The molecule has 2 aromatic rings. The molecule has 1 aliphatic rings. The number of amides is 1. The minimum atomic E-state index is -0.949. The lowest BCUT2D eigenvalue weighted by Crippen LogP contribution is -2.54. The monoisotopic (exact) mass is 358 g/mol. The van der Waals surface area contributed by atoms with Crippen LogP contribution in [0.3, 0.4) is 0 Å². The molecule has 26 heavy (non-hydrogen) atoms. The van der Waals surface area contributed by atoms with E-state index in [4.69, 9.17) is 0 Å². The van der Waals surface area contributed by atoms with Crippen LogP contribution in [-0.4, -0.2) is 55.8 Å². The van der Waals surface area contributed by atoms with Gasteiger partial charge < -0.3 is 19.9 Å². The zero-order valence-corrected chi connectivity index (χ0v) is 15.1. The van der Waals surface area contributed by atoms with Gasteiger partial charge in [0.1, 0.15) is 11.6 Å². The maximum atomic E-state index is 12.2. The van der Waals surface area contributed by atoms with Crippen LogP contribution in [0, 0.1) is 0 Å². The SMILES string of the molecule is CCc1nccn1CCC(=O)NC[C@@]1(O)CCCN(c2cnccn2)C1. The second-order valence-electron chi connectivity index (χ2n) is 6.73. The van der Waals surface area contributed by atoms with E-state index in [1.807, 2.05) is 22.6 Å². The van der Waals surface area contributed by atoms with Crippen molar-refractivity contribution >= 4 is 11.7 Å². The number of anilines is 1. The highest BCUT2D eigenvalue weighted by Crippen LogP contribution is 2.23. The number of nitrogens with zero attached hydrogens (tertiary/aromatic N) is 5. The molecule has 3 heterocycles. The van der Waals surface area contributed by atoms with E-state index in [-0.39, 0.29) is 12.5 Å². The summed E-state index contributed by atoms with van der Waals surface area (Å²) in [5.74, 6) is 1.67. The number of aryl methyl sites for hydroxylation is 2. The molecular weight excluding hydrogens is 332 g/mol. The van der Waals surface area contributed by atoms with Crippen LogP contribution in [0.1, 0.15) is 32.0 Å². The van der Waals surface area contributed by atoms with E-state index in [0.717, 1.165) is 31.0 Å². The highest BCUT2D eigenvalue weighted by atomic mass is 16.3. The van der Waals surface area contributed by atoms with Gasteiger partial charge in [0.25, 0.3) is 0 Å². The third-order valence-corrected chi connectivity index (χ3v) is 4.74. The molecule has 140 valence electrons. The van der Waals surface area contributed by atoms with Crippen molar-refractivity contribution in [1.29, 1.82) is 0 Å². The molecule has 8 heteroatoms. The first kappa shape index (κ1) is 18.3. The first-order chi connectivity index (χ1) is 12.6. The number of nitrogens with one attached hydrogen (secondary N) is 1. The molecule has 2 N–H and O–H groups in total. The summed E-state index contributed by atoms with van der Waals surface area (Å²) in [5, 5.41) is 13.7. The Bertz CT molecular complexity index is 719. The molecular formula is C18H26N6O2. The predicted octanol–water partition coefficient (Wildman–Crippen LogP) is 0.773. The summed E-state index contributed by atoms with van der Waals surface area (Å²) in [6, 6.07) is 0. The van der Waals surface area contributed by atoms with Crippen LogP contribution in [0.5, 0.6) is 0 Å². The van der Waals surface area contributed by atoms with E-state index < -0.39 is 5.60 Å². The van der Waals surface area contributed by atoms with Gasteiger partial charge in [0.2, 0.25) is 5.91 Å². The Kier molecular flexibility index (Phi) is 5.82. The molecule has 8 nitrogen and oxygen atoms in total. The summed E-state index contributed by atoms with van der Waals surface area (Å²) in [4.78, 5) is 26.8. The topological polar surface area (TPSA) is 96.2 Å². The Morgan fingerprint density at radius 3 is 3.00 bits per heavy atom. The van der Waals surface area contributed by atoms with E-state index in [9.17, 15) is 9.90 Å². The van der Waals surface area contributed by atoms with E-state index in [1.54, 1.807) is 24.8 Å². The van der Waals surface area contributed by atoms with Gasteiger partial charge >= 0.3 is 0 Å². The molecule has 0 unspecified atom stereocenters. The van der Waals surface area contributed by atoms with E-state index >= 15 is 0 Å². The minimum absolute atomic E-state index is 0.0641. The summed E-state index contributed by atoms with van der Waals surface area (Å²) in [5.41, 5.74) is -0.949. The minimum Gasteiger partial charge on any atom is -0.386 e. The molecule has 0 saturated carbocycles. The highest BCUT2D eigenvalue weighted by Gasteiger charge is 2.34. The van der Waals surface area contributed by atoms with Gasteiger partial charge in [-0.15, -0.1) is 0 Å². The Morgan fingerprint density at radius 2 is 2.23 bits per heavy atom. The summed E-state index contributed by atoms with van der Waals surface area (Å²) >= 11 is 0. The largest absolute Gasteiger partial charge is 0.386 e. The molecule has 0 bridgehead atoms. The van der Waals surface area contributed by atoms with Gasteiger partial charge in [-0.1, -0.05) is 6.92 Å². The Morgan fingerprint density at radius 1 is 1.35 bits per heavy atom. The van der Waals surface area contributed by atoms with Gasteiger partial charge in [0, 0.05) is 63.8 Å². The molecule has 1 atom stereocenters. The second kappa shape index (κ2) is 8.27. The smallest absolute Gasteiger partial charge is 0.221 e. The van der Waals surface area contributed by atoms with E-state index in [2.05, 4.69) is 20.3 Å². The summed E-state index contributed by atoms with van der Waals surface area (Å²) in [7, 11) is 0. The third kappa shape index (κ3) is 4.57. The van der Waals surface area contributed by atoms with Crippen molar-refractivity contribution in [2.45, 2.75) is 44.8 Å². The van der Waals surface area contributed by atoms with Crippen molar-refractivity contribution in [2.75, 3.05) is 24.5 Å². The molecule has 1 fully saturated rings. The van der Waals surface area contributed by atoms with Crippen LogP contribution in [0.15, 0.2) is 31.0 Å². The second-order valence-corrected chi connectivity index (χ2v) is 6.73. The van der Waals surface area contributed by atoms with Crippen molar-refractivity contribution in [3.8, 4) is 0 Å².